The van der Waals surface area contributed by atoms with Crippen molar-refractivity contribution in [3.05, 3.63) is 47.3 Å². The van der Waals surface area contributed by atoms with E-state index in [2.05, 4.69) is 18.1 Å². The van der Waals surface area contributed by atoms with Gasteiger partial charge in [0.1, 0.15) is 17.1 Å². The maximum Gasteiger partial charge on any atom is 0.259 e. The lowest BCUT2D eigenvalue weighted by Crippen LogP contribution is -2.41. The van der Waals surface area contributed by atoms with Crippen molar-refractivity contribution >= 4 is 5.91 Å². The summed E-state index contributed by atoms with van der Waals surface area (Å²) >= 11 is 0. The van der Waals surface area contributed by atoms with Gasteiger partial charge in [-0.1, -0.05) is 24.2 Å². The minimum atomic E-state index is 0.0216. The van der Waals surface area contributed by atoms with Gasteiger partial charge >= 0.3 is 0 Å². The molecule has 0 unspecified atom stereocenters. The molecule has 128 valence electrons. The molecule has 0 spiro atoms. The van der Waals surface area contributed by atoms with E-state index in [0.717, 1.165) is 31.7 Å². The molecule has 1 saturated heterocycles. The third-order valence-electron chi connectivity index (χ3n) is 4.48. The molecule has 0 saturated carbocycles. The van der Waals surface area contributed by atoms with Gasteiger partial charge in [-0.2, -0.15) is 0 Å². The molecule has 0 radical (unpaired) electrons. The Morgan fingerprint density at radius 3 is 3.12 bits per heavy atom. The first-order valence-electron chi connectivity index (χ1n) is 8.59. The Labute approximate surface area is 142 Å². The van der Waals surface area contributed by atoms with Crippen LogP contribution in [0.1, 0.15) is 41.4 Å². The quantitative estimate of drug-likeness (QED) is 0.843. The SMILES string of the molecule is CCc1oncc1C(=O)N1CCC[C@H](COc2cccc(C)c2)C1. The van der Waals surface area contributed by atoms with Crippen molar-refractivity contribution in [3.8, 4) is 5.75 Å². The molecule has 5 nitrogen and oxygen atoms in total. The lowest BCUT2D eigenvalue weighted by atomic mass is 9.98. The topological polar surface area (TPSA) is 55.6 Å². The summed E-state index contributed by atoms with van der Waals surface area (Å²) in [5, 5.41) is 3.76. The zero-order chi connectivity index (χ0) is 16.9. The normalized spacial score (nSPS) is 17.8. The molecule has 1 aromatic heterocycles. The maximum atomic E-state index is 12.7. The van der Waals surface area contributed by atoms with E-state index in [4.69, 9.17) is 9.26 Å². The summed E-state index contributed by atoms with van der Waals surface area (Å²) in [5.41, 5.74) is 1.78. The summed E-state index contributed by atoms with van der Waals surface area (Å²) in [7, 11) is 0. The van der Waals surface area contributed by atoms with Gasteiger partial charge in [0, 0.05) is 25.4 Å². The summed E-state index contributed by atoms with van der Waals surface area (Å²) in [6.07, 6.45) is 4.29. The number of aryl methyl sites for hydroxylation is 2. The highest BCUT2D eigenvalue weighted by atomic mass is 16.5. The van der Waals surface area contributed by atoms with Gasteiger partial charge in [-0.05, 0) is 37.5 Å². The summed E-state index contributed by atoms with van der Waals surface area (Å²) in [4.78, 5) is 14.6. The molecule has 2 aromatic rings. The average molecular weight is 328 g/mol. The van der Waals surface area contributed by atoms with Gasteiger partial charge in [0.15, 0.2) is 0 Å². The third kappa shape index (κ3) is 3.78. The first-order chi connectivity index (χ1) is 11.7. The lowest BCUT2D eigenvalue weighted by Gasteiger charge is -2.32. The predicted molar refractivity (Wildman–Crippen MR) is 91.2 cm³/mol. The number of piperidine rings is 1. The van der Waals surface area contributed by atoms with E-state index in [0.29, 0.717) is 30.3 Å². The average Bonchev–Trinajstić information content (AvgIpc) is 3.08. The van der Waals surface area contributed by atoms with E-state index in [-0.39, 0.29) is 5.91 Å². The molecule has 1 aromatic carbocycles. The predicted octanol–water partition coefficient (Wildman–Crippen LogP) is 3.48. The van der Waals surface area contributed by atoms with E-state index >= 15 is 0 Å². The fourth-order valence-electron chi connectivity index (χ4n) is 3.17. The number of benzene rings is 1. The molecule has 0 bridgehead atoms. The van der Waals surface area contributed by atoms with E-state index < -0.39 is 0 Å². The lowest BCUT2D eigenvalue weighted by molar-refractivity contribution is 0.0631. The Kier molecular flexibility index (Phi) is 5.18. The first kappa shape index (κ1) is 16.6. The van der Waals surface area contributed by atoms with Crippen LogP contribution < -0.4 is 4.74 Å². The summed E-state index contributed by atoms with van der Waals surface area (Å²) in [6, 6.07) is 8.07. The van der Waals surface area contributed by atoms with Crippen molar-refractivity contribution in [1.29, 1.82) is 0 Å². The molecule has 24 heavy (non-hydrogen) atoms. The molecule has 1 amide bonds. The largest absolute Gasteiger partial charge is 0.493 e. The number of nitrogens with zero attached hydrogens (tertiary/aromatic N) is 2. The molecule has 1 fully saturated rings. The molecule has 3 rings (SSSR count). The van der Waals surface area contributed by atoms with Gasteiger partial charge in [-0.3, -0.25) is 4.79 Å². The highest BCUT2D eigenvalue weighted by Gasteiger charge is 2.27. The number of amides is 1. The van der Waals surface area contributed by atoms with Gasteiger partial charge in [0.05, 0.1) is 12.8 Å². The number of carbonyl (C=O) groups excluding carboxylic acids is 1. The van der Waals surface area contributed by atoms with Gasteiger partial charge < -0.3 is 14.2 Å². The number of likely N-dealkylation sites (tertiary alicyclic amines) is 1. The Bertz CT molecular complexity index is 695. The second-order valence-corrected chi connectivity index (χ2v) is 6.40. The Balaban J connectivity index is 1.59. The second kappa shape index (κ2) is 7.51. The third-order valence-corrected chi connectivity index (χ3v) is 4.48. The number of rotatable bonds is 5. The summed E-state index contributed by atoms with van der Waals surface area (Å²) < 4.78 is 11.1. The molecule has 0 N–H and O–H groups in total. The van der Waals surface area contributed by atoms with Crippen molar-refractivity contribution in [2.24, 2.45) is 5.92 Å². The molecular formula is C19H24N2O3. The standard InChI is InChI=1S/C19H24N2O3/c1-3-18-17(11-20-24-18)19(22)21-9-5-7-15(12-21)13-23-16-8-4-6-14(2)10-16/h4,6,8,10-11,15H,3,5,7,9,12-13H2,1-2H3/t15-/m0/s1. The Morgan fingerprint density at radius 2 is 2.33 bits per heavy atom. The van der Waals surface area contributed by atoms with Crippen LogP contribution in [0.4, 0.5) is 0 Å². The van der Waals surface area contributed by atoms with Crippen LogP contribution in [0.3, 0.4) is 0 Å². The van der Waals surface area contributed by atoms with Crippen molar-refractivity contribution < 1.29 is 14.1 Å². The molecule has 2 heterocycles. The minimum absolute atomic E-state index is 0.0216. The van der Waals surface area contributed by atoms with E-state index in [1.807, 2.05) is 30.0 Å². The van der Waals surface area contributed by atoms with Crippen molar-refractivity contribution in [2.45, 2.75) is 33.1 Å². The van der Waals surface area contributed by atoms with Crippen LogP contribution in [0.25, 0.3) is 0 Å². The second-order valence-electron chi connectivity index (χ2n) is 6.40. The number of carbonyl (C=O) groups is 1. The monoisotopic (exact) mass is 328 g/mol. The minimum Gasteiger partial charge on any atom is -0.493 e. The van der Waals surface area contributed by atoms with Crippen molar-refractivity contribution in [1.82, 2.24) is 10.1 Å². The number of aromatic nitrogens is 1. The van der Waals surface area contributed by atoms with Crippen molar-refractivity contribution in [3.63, 3.8) is 0 Å². The van der Waals surface area contributed by atoms with Crippen LogP contribution in [0.2, 0.25) is 0 Å². The van der Waals surface area contributed by atoms with Gasteiger partial charge in [-0.15, -0.1) is 0 Å². The van der Waals surface area contributed by atoms with Crippen LogP contribution in [-0.2, 0) is 6.42 Å². The van der Waals surface area contributed by atoms with E-state index in [9.17, 15) is 4.79 Å². The summed E-state index contributed by atoms with van der Waals surface area (Å²) in [6.45, 7) is 6.16. The van der Waals surface area contributed by atoms with Gasteiger partial charge in [0.2, 0.25) is 0 Å². The number of hydrogen-bond acceptors (Lipinski definition) is 4. The van der Waals surface area contributed by atoms with E-state index in [1.165, 1.54) is 11.8 Å². The first-order valence-corrected chi connectivity index (χ1v) is 8.59. The molecule has 1 aliphatic rings. The molecule has 1 atom stereocenters. The fraction of sp³-hybridized carbons (Fsp3) is 0.474. The Hall–Kier alpha value is -2.30. The zero-order valence-electron chi connectivity index (χ0n) is 14.3. The summed E-state index contributed by atoms with van der Waals surface area (Å²) in [5.74, 6) is 1.94. The van der Waals surface area contributed by atoms with E-state index in [1.54, 1.807) is 0 Å². The molecule has 1 aliphatic heterocycles. The van der Waals surface area contributed by atoms with Crippen LogP contribution >= 0.6 is 0 Å². The van der Waals surface area contributed by atoms with Gasteiger partial charge in [-0.25, -0.2) is 0 Å². The highest BCUT2D eigenvalue weighted by molar-refractivity contribution is 5.94. The smallest absolute Gasteiger partial charge is 0.259 e. The Morgan fingerprint density at radius 1 is 1.46 bits per heavy atom. The number of ether oxygens (including phenoxy) is 1. The van der Waals surface area contributed by atoms with Crippen LogP contribution in [0.15, 0.2) is 35.0 Å². The fourth-order valence-corrected chi connectivity index (χ4v) is 3.17. The van der Waals surface area contributed by atoms with Crippen LogP contribution in [-0.4, -0.2) is 35.7 Å². The van der Waals surface area contributed by atoms with Gasteiger partial charge in [0.25, 0.3) is 5.91 Å². The highest BCUT2D eigenvalue weighted by Crippen LogP contribution is 2.22. The van der Waals surface area contributed by atoms with Crippen molar-refractivity contribution in [2.75, 3.05) is 19.7 Å². The molecular weight excluding hydrogens is 304 g/mol. The number of hydrogen-bond donors (Lipinski definition) is 0. The zero-order valence-corrected chi connectivity index (χ0v) is 14.3. The van der Waals surface area contributed by atoms with Crippen LogP contribution in [0, 0.1) is 12.8 Å². The maximum absolute atomic E-state index is 12.7. The van der Waals surface area contributed by atoms with Crippen LogP contribution in [0.5, 0.6) is 5.75 Å². The molecule has 5 heteroatoms. The molecule has 0 aliphatic carbocycles.